The van der Waals surface area contributed by atoms with Gasteiger partial charge < -0.3 is 0 Å². The SMILES string of the molecule is CCCCCCCCP(CCCCCCCC)(CCCCCCCC)(C[Si](C)(C)Cl)N(S(=O)(=O)C(F)(F)F)S(=O)(=O)C(F)(F)F. The van der Waals surface area contributed by atoms with Gasteiger partial charge in [-0.2, -0.15) is 0 Å². The number of hydrogen-bond donors (Lipinski definition) is 0. The van der Waals surface area contributed by atoms with Crippen LogP contribution in [0.1, 0.15) is 136 Å². The molecule has 0 heterocycles. The van der Waals surface area contributed by atoms with Gasteiger partial charge in [-0.25, -0.2) is 0 Å². The molecule has 0 N–H and O–H groups in total. The molecule has 0 atom stereocenters. The van der Waals surface area contributed by atoms with E-state index in [-0.39, 0.29) is 37.7 Å². The number of alkyl halides is 6. The first-order valence-electron chi connectivity index (χ1n) is 16.7. The van der Waals surface area contributed by atoms with Crippen molar-refractivity contribution in [3.63, 3.8) is 0 Å². The van der Waals surface area contributed by atoms with Gasteiger partial charge in [-0.15, -0.1) is 0 Å². The second-order valence-corrected chi connectivity index (χ2v) is 31.0. The summed E-state index contributed by atoms with van der Waals surface area (Å²) in [5, 5.41) is 0. The van der Waals surface area contributed by atoms with Crippen molar-refractivity contribution in [3.8, 4) is 0 Å². The first kappa shape index (κ1) is 45.4. The Morgan fingerprint density at radius 2 is 0.778 bits per heavy atom. The maximum atomic E-state index is 14.5. The van der Waals surface area contributed by atoms with Crippen LogP contribution in [0.25, 0.3) is 0 Å². The van der Waals surface area contributed by atoms with E-state index in [9.17, 15) is 43.2 Å². The summed E-state index contributed by atoms with van der Waals surface area (Å²) in [6.45, 7) is 3.92. The van der Waals surface area contributed by atoms with E-state index in [1.165, 1.54) is 0 Å². The molecule has 0 aliphatic carbocycles. The molecule has 45 heavy (non-hydrogen) atoms. The summed E-state index contributed by atoms with van der Waals surface area (Å²) >= 11 is 6.82. The van der Waals surface area contributed by atoms with Crippen molar-refractivity contribution in [2.75, 3.05) is 24.3 Å². The van der Waals surface area contributed by atoms with Gasteiger partial charge >= 0.3 is 277 Å². The third kappa shape index (κ3) is 14.0. The standard InChI is InChI=1S/C29H59ClF6NO4PS2Si/c1-6-9-12-15-18-21-24-42(27-45(4,5)30,25-22-19-16-13-10-7-2,26-23-20-17-14-11-8-3)37(43(38,39)28(31,32)33)44(40,41)29(34,35)36/h6-27H2,1-5H3. The summed E-state index contributed by atoms with van der Waals surface area (Å²) < 4.78 is 140. The van der Waals surface area contributed by atoms with Crippen LogP contribution in [0.5, 0.6) is 0 Å². The molecule has 0 aromatic rings. The van der Waals surface area contributed by atoms with Gasteiger partial charge in [0.2, 0.25) is 0 Å². The second-order valence-electron chi connectivity index (χ2n) is 13.3. The fraction of sp³-hybridized carbons (Fsp3) is 1.00. The monoisotopic (exact) mass is 757 g/mol. The third-order valence-electron chi connectivity index (χ3n) is 8.50. The number of unbranched alkanes of at least 4 members (excludes halogenated alkanes) is 15. The van der Waals surface area contributed by atoms with Crippen molar-refractivity contribution in [2.24, 2.45) is 0 Å². The average molecular weight is 758 g/mol. The van der Waals surface area contributed by atoms with Crippen LogP contribution in [0.2, 0.25) is 13.1 Å². The molecule has 0 unspecified atom stereocenters. The van der Waals surface area contributed by atoms with Gasteiger partial charge in [0.25, 0.3) is 0 Å². The minimum absolute atomic E-state index is 0.131. The van der Waals surface area contributed by atoms with Gasteiger partial charge in [0, 0.05) is 0 Å². The predicted octanol–water partition coefficient (Wildman–Crippen LogP) is 11.5. The van der Waals surface area contributed by atoms with E-state index < -0.39 is 54.5 Å². The van der Waals surface area contributed by atoms with Crippen LogP contribution in [0, 0.1) is 0 Å². The average Bonchev–Trinajstić information content (AvgIpc) is 2.88. The van der Waals surface area contributed by atoms with E-state index in [1.54, 1.807) is 13.1 Å². The number of sulfonamides is 2. The molecule has 16 heteroatoms. The van der Waals surface area contributed by atoms with Crippen molar-refractivity contribution >= 4 is 45.3 Å². The van der Waals surface area contributed by atoms with Crippen LogP contribution in [-0.4, -0.2) is 63.0 Å². The molecule has 0 radical (unpaired) electrons. The van der Waals surface area contributed by atoms with E-state index in [4.69, 9.17) is 11.1 Å². The second kappa shape index (κ2) is 19.5. The number of rotatable bonds is 26. The van der Waals surface area contributed by atoms with Crippen molar-refractivity contribution in [1.29, 1.82) is 0 Å². The molecule has 0 aromatic carbocycles. The number of halogens is 7. The maximum absolute atomic E-state index is 14.5. The molecule has 0 aromatic heterocycles. The summed E-state index contributed by atoms with van der Waals surface area (Å²) in [5.41, 5.74) is -12.5. The van der Waals surface area contributed by atoms with Gasteiger partial charge in [-0.3, -0.25) is 0 Å². The van der Waals surface area contributed by atoms with Crippen LogP contribution >= 0.6 is 17.8 Å². The van der Waals surface area contributed by atoms with E-state index in [0.29, 0.717) is 38.5 Å². The molecule has 0 aliphatic rings. The Hall–Kier alpha value is 0.377. The van der Waals surface area contributed by atoms with E-state index >= 15 is 0 Å². The van der Waals surface area contributed by atoms with Crippen molar-refractivity contribution in [2.45, 2.75) is 160 Å². The first-order chi connectivity index (χ1) is 20.6. The van der Waals surface area contributed by atoms with E-state index in [1.807, 2.05) is 20.8 Å². The Morgan fingerprint density at radius 3 is 1.00 bits per heavy atom. The van der Waals surface area contributed by atoms with Gasteiger partial charge in [0.1, 0.15) is 0 Å². The molecule has 0 saturated carbocycles. The Labute approximate surface area is 275 Å². The van der Waals surface area contributed by atoms with Crippen molar-refractivity contribution in [3.05, 3.63) is 0 Å². The Morgan fingerprint density at radius 1 is 0.533 bits per heavy atom. The molecule has 0 bridgehead atoms. The van der Waals surface area contributed by atoms with Gasteiger partial charge in [0.05, 0.1) is 0 Å². The molecule has 5 nitrogen and oxygen atoms in total. The van der Waals surface area contributed by atoms with Crippen molar-refractivity contribution in [1.82, 2.24) is 3.48 Å². The topological polar surface area (TPSA) is 71.5 Å². The van der Waals surface area contributed by atoms with Crippen molar-refractivity contribution < 1.29 is 43.2 Å². The van der Waals surface area contributed by atoms with Gasteiger partial charge in [-0.1, -0.05) is 0 Å². The Balaban J connectivity index is 7.67. The fourth-order valence-electron chi connectivity index (χ4n) is 6.65. The Kier molecular flexibility index (Phi) is 19.7. The summed E-state index contributed by atoms with van der Waals surface area (Å²) in [5.74, 6) is -0.427. The summed E-state index contributed by atoms with van der Waals surface area (Å²) in [7, 11) is -17.2. The number of nitrogens with zero attached hydrogens (tertiary/aromatic N) is 1. The normalized spacial score (nSPS) is 15.0. The van der Waals surface area contributed by atoms with Crippen LogP contribution in [0.4, 0.5) is 26.3 Å². The molecule has 0 fully saturated rings. The number of hydrogen-bond acceptors (Lipinski definition) is 4. The third-order valence-corrected chi connectivity index (χ3v) is 28.4. The molecule has 274 valence electrons. The fourth-order valence-corrected chi connectivity index (χ4v) is 33.6. The predicted molar refractivity (Wildman–Crippen MR) is 182 cm³/mol. The Bertz CT molecular complexity index is 967. The van der Waals surface area contributed by atoms with Crippen LogP contribution < -0.4 is 0 Å². The van der Waals surface area contributed by atoms with Crippen LogP contribution in [0.3, 0.4) is 0 Å². The van der Waals surface area contributed by atoms with Gasteiger partial charge in [0.15, 0.2) is 0 Å². The summed E-state index contributed by atoms with van der Waals surface area (Å²) in [4.78, 5) is 0. The molecule has 0 spiro atoms. The molecule has 0 amide bonds. The molecule has 0 rings (SSSR count). The zero-order valence-electron chi connectivity index (χ0n) is 28.0. The first-order valence-corrected chi connectivity index (χ1v) is 26.7. The van der Waals surface area contributed by atoms with E-state index in [0.717, 1.165) is 57.8 Å². The molecule has 0 aliphatic heterocycles. The zero-order chi connectivity index (χ0) is 35.1. The zero-order valence-corrected chi connectivity index (χ0v) is 32.3. The molecule has 0 saturated heterocycles. The van der Waals surface area contributed by atoms with Gasteiger partial charge in [-0.05, 0) is 0 Å². The summed E-state index contributed by atoms with van der Waals surface area (Å²) in [6.07, 6.45) is 10.6. The minimum atomic E-state index is -6.97. The molecular formula is C29H59ClF6NO4PS2Si. The quantitative estimate of drug-likeness (QED) is 0.0290. The van der Waals surface area contributed by atoms with Crippen LogP contribution in [-0.2, 0) is 20.0 Å². The molecular weight excluding hydrogens is 699 g/mol. The van der Waals surface area contributed by atoms with E-state index in [2.05, 4.69) is 0 Å². The van der Waals surface area contributed by atoms with Crippen LogP contribution in [0.15, 0.2) is 0 Å². The summed E-state index contributed by atoms with van der Waals surface area (Å²) in [6, 6.07) is 0.